The lowest BCUT2D eigenvalue weighted by Crippen LogP contribution is -2.05. The molecule has 0 saturated heterocycles. The molecule has 62 valence electrons. The minimum atomic E-state index is -0.0828. The highest BCUT2D eigenvalue weighted by atomic mass is 14.6. The summed E-state index contributed by atoms with van der Waals surface area (Å²) in [5, 5.41) is 8.62. The second kappa shape index (κ2) is 3.24. The maximum atomic E-state index is 8.62. The topological polar surface area (TPSA) is 75.8 Å². The molecule has 1 aromatic rings. The normalized spacial score (nSPS) is 12.1. The summed E-state index contributed by atoms with van der Waals surface area (Å²) in [7, 11) is 0. The van der Waals surface area contributed by atoms with Crippen molar-refractivity contribution >= 4 is 5.69 Å². The third-order valence-electron chi connectivity index (χ3n) is 1.63. The molecule has 0 amide bonds. The first-order valence-corrected chi connectivity index (χ1v) is 3.69. The van der Waals surface area contributed by atoms with E-state index in [4.69, 9.17) is 16.7 Å². The Morgan fingerprint density at radius 1 is 1.42 bits per heavy atom. The molecule has 0 fully saturated rings. The fourth-order valence-electron chi connectivity index (χ4n) is 1.00. The van der Waals surface area contributed by atoms with Crippen LogP contribution >= 0.6 is 0 Å². The van der Waals surface area contributed by atoms with Crippen molar-refractivity contribution in [2.75, 3.05) is 5.73 Å². The number of hydrogen-bond donors (Lipinski definition) is 2. The third kappa shape index (κ3) is 1.74. The van der Waals surface area contributed by atoms with E-state index in [0.29, 0.717) is 11.3 Å². The SMILES string of the molecule is C[C@@H](N)c1cc(N)cc(C#N)c1. The summed E-state index contributed by atoms with van der Waals surface area (Å²) in [4.78, 5) is 0. The number of benzene rings is 1. The minimum absolute atomic E-state index is 0.0828. The van der Waals surface area contributed by atoms with Gasteiger partial charge in [-0.3, -0.25) is 0 Å². The molecule has 4 N–H and O–H groups in total. The highest BCUT2D eigenvalue weighted by Crippen LogP contribution is 2.16. The molecule has 3 heteroatoms. The quantitative estimate of drug-likeness (QED) is 0.607. The number of anilines is 1. The number of nitrogen functional groups attached to an aromatic ring is 1. The number of nitrogens with two attached hydrogens (primary N) is 2. The zero-order chi connectivity index (χ0) is 9.14. The van der Waals surface area contributed by atoms with E-state index >= 15 is 0 Å². The summed E-state index contributed by atoms with van der Waals surface area (Å²) in [6, 6.07) is 7.11. The molecule has 0 aliphatic carbocycles. The Morgan fingerprint density at radius 2 is 2.08 bits per heavy atom. The van der Waals surface area contributed by atoms with Gasteiger partial charge in [0.15, 0.2) is 0 Å². The third-order valence-corrected chi connectivity index (χ3v) is 1.63. The first kappa shape index (κ1) is 8.57. The molecular weight excluding hydrogens is 150 g/mol. The van der Waals surface area contributed by atoms with Gasteiger partial charge >= 0.3 is 0 Å². The summed E-state index contributed by atoms with van der Waals surface area (Å²) in [6.07, 6.45) is 0. The minimum Gasteiger partial charge on any atom is -0.399 e. The van der Waals surface area contributed by atoms with Crippen LogP contribution < -0.4 is 11.5 Å². The molecule has 0 aliphatic heterocycles. The van der Waals surface area contributed by atoms with E-state index < -0.39 is 0 Å². The fourth-order valence-corrected chi connectivity index (χ4v) is 1.00. The summed E-state index contributed by atoms with van der Waals surface area (Å²) in [6.45, 7) is 1.86. The van der Waals surface area contributed by atoms with Crippen molar-refractivity contribution in [3.05, 3.63) is 29.3 Å². The van der Waals surface area contributed by atoms with Gasteiger partial charge in [-0.15, -0.1) is 0 Å². The van der Waals surface area contributed by atoms with Gasteiger partial charge in [-0.2, -0.15) is 5.26 Å². The van der Waals surface area contributed by atoms with Crippen LogP contribution in [0.3, 0.4) is 0 Å². The maximum absolute atomic E-state index is 8.62. The van der Waals surface area contributed by atoms with Crippen LogP contribution in [0.2, 0.25) is 0 Å². The van der Waals surface area contributed by atoms with Gasteiger partial charge in [0, 0.05) is 11.7 Å². The van der Waals surface area contributed by atoms with E-state index in [-0.39, 0.29) is 6.04 Å². The van der Waals surface area contributed by atoms with Gasteiger partial charge in [0.05, 0.1) is 11.6 Å². The Bertz CT molecular complexity index is 323. The van der Waals surface area contributed by atoms with Gasteiger partial charge in [-0.05, 0) is 30.7 Å². The van der Waals surface area contributed by atoms with Crippen molar-refractivity contribution in [3.8, 4) is 6.07 Å². The van der Waals surface area contributed by atoms with Crippen LogP contribution in [0.1, 0.15) is 24.1 Å². The predicted molar refractivity (Wildman–Crippen MR) is 48.2 cm³/mol. The van der Waals surface area contributed by atoms with Crippen LogP contribution in [0.4, 0.5) is 5.69 Å². The van der Waals surface area contributed by atoms with Gasteiger partial charge < -0.3 is 11.5 Å². The van der Waals surface area contributed by atoms with E-state index in [2.05, 4.69) is 0 Å². The zero-order valence-electron chi connectivity index (χ0n) is 6.91. The Kier molecular flexibility index (Phi) is 2.32. The van der Waals surface area contributed by atoms with Crippen LogP contribution in [-0.4, -0.2) is 0 Å². The van der Waals surface area contributed by atoms with Crippen LogP contribution in [0.5, 0.6) is 0 Å². The lowest BCUT2D eigenvalue weighted by molar-refractivity contribution is 0.818. The highest BCUT2D eigenvalue weighted by molar-refractivity contribution is 5.49. The second-order valence-corrected chi connectivity index (χ2v) is 2.79. The Morgan fingerprint density at radius 3 is 2.58 bits per heavy atom. The van der Waals surface area contributed by atoms with Crippen LogP contribution in [0.15, 0.2) is 18.2 Å². The second-order valence-electron chi connectivity index (χ2n) is 2.79. The van der Waals surface area contributed by atoms with Gasteiger partial charge in [0.25, 0.3) is 0 Å². The summed E-state index contributed by atoms with van der Waals surface area (Å²) >= 11 is 0. The van der Waals surface area contributed by atoms with E-state index in [9.17, 15) is 0 Å². The molecule has 0 spiro atoms. The predicted octanol–water partition coefficient (Wildman–Crippen LogP) is 1.16. The summed E-state index contributed by atoms with van der Waals surface area (Å²) in [5.74, 6) is 0. The molecule has 1 rings (SSSR count). The molecule has 3 nitrogen and oxygen atoms in total. The van der Waals surface area contributed by atoms with Crippen molar-refractivity contribution in [2.45, 2.75) is 13.0 Å². The van der Waals surface area contributed by atoms with Crippen molar-refractivity contribution in [1.82, 2.24) is 0 Å². The van der Waals surface area contributed by atoms with Crippen LogP contribution in [-0.2, 0) is 0 Å². The van der Waals surface area contributed by atoms with Gasteiger partial charge in [-0.1, -0.05) is 0 Å². The molecule has 1 aromatic carbocycles. The molecular formula is C9H11N3. The van der Waals surface area contributed by atoms with Gasteiger partial charge in [0.2, 0.25) is 0 Å². The van der Waals surface area contributed by atoms with E-state index in [1.54, 1.807) is 18.2 Å². The number of rotatable bonds is 1. The van der Waals surface area contributed by atoms with Crippen molar-refractivity contribution in [3.63, 3.8) is 0 Å². The van der Waals surface area contributed by atoms with Crippen molar-refractivity contribution in [1.29, 1.82) is 5.26 Å². The highest BCUT2D eigenvalue weighted by Gasteiger charge is 2.01. The molecule has 0 aliphatic rings. The standard InChI is InChI=1S/C9H11N3/c1-6(11)8-2-7(5-10)3-9(12)4-8/h2-4,6H,11-12H2,1H3/t6-/m1/s1. The van der Waals surface area contributed by atoms with Crippen LogP contribution in [0, 0.1) is 11.3 Å². The average molecular weight is 161 g/mol. The van der Waals surface area contributed by atoms with E-state index in [1.807, 2.05) is 13.0 Å². The number of nitriles is 1. The van der Waals surface area contributed by atoms with Crippen molar-refractivity contribution in [2.24, 2.45) is 5.73 Å². The Hall–Kier alpha value is -1.53. The summed E-state index contributed by atoms with van der Waals surface area (Å²) < 4.78 is 0. The smallest absolute Gasteiger partial charge is 0.0992 e. The first-order valence-electron chi connectivity index (χ1n) is 3.69. The Labute approximate surface area is 71.6 Å². The maximum Gasteiger partial charge on any atom is 0.0992 e. The molecule has 0 heterocycles. The average Bonchev–Trinajstić information content (AvgIpc) is 2.03. The van der Waals surface area contributed by atoms with Gasteiger partial charge in [-0.25, -0.2) is 0 Å². The molecule has 0 unspecified atom stereocenters. The number of hydrogen-bond acceptors (Lipinski definition) is 3. The van der Waals surface area contributed by atoms with E-state index in [1.165, 1.54) is 0 Å². The molecule has 0 radical (unpaired) electrons. The number of nitrogens with zero attached hydrogens (tertiary/aromatic N) is 1. The lowest BCUT2D eigenvalue weighted by atomic mass is 10.1. The monoisotopic (exact) mass is 161 g/mol. The zero-order valence-corrected chi connectivity index (χ0v) is 6.91. The molecule has 0 saturated carbocycles. The molecule has 0 bridgehead atoms. The fraction of sp³-hybridized carbons (Fsp3) is 0.222. The Balaban J connectivity index is 3.17. The first-order chi connectivity index (χ1) is 5.63. The lowest BCUT2D eigenvalue weighted by Gasteiger charge is -2.06. The summed E-state index contributed by atoms with van der Waals surface area (Å²) in [5.41, 5.74) is 13.2. The largest absolute Gasteiger partial charge is 0.399 e. The van der Waals surface area contributed by atoms with Crippen molar-refractivity contribution < 1.29 is 0 Å². The molecule has 0 aromatic heterocycles. The van der Waals surface area contributed by atoms with E-state index in [0.717, 1.165) is 5.56 Å². The molecule has 1 atom stereocenters. The molecule has 12 heavy (non-hydrogen) atoms. The van der Waals surface area contributed by atoms with Crippen LogP contribution in [0.25, 0.3) is 0 Å². The van der Waals surface area contributed by atoms with Gasteiger partial charge in [0.1, 0.15) is 0 Å².